The molecule has 0 spiro atoms. The number of anilines is 3. The van der Waals surface area contributed by atoms with Crippen molar-refractivity contribution in [3.05, 3.63) is 53.6 Å². The monoisotopic (exact) mass is 392 g/mol. The van der Waals surface area contributed by atoms with Crippen LogP contribution in [-0.4, -0.2) is 18.0 Å². The predicted molar refractivity (Wildman–Crippen MR) is 116 cm³/mol. The maximum atomic E-state index is 12.5. The van der Waals surface area contributed by atoms with Gasteiger partial charge in [0.1, 0.15) is 0 Å². The van der Waals surface area contributed by atoms with Crippen LogP contribution in [0.25, 0.3) is 0 Å². The molecule has 29 heavy (non-hydrogen) atoms. The van der Waals surface area contributed by atoms with Crippen LogP contribution >= 0.6 is 0 Å². The molecule has 2 aliphatic carbocycles. The Balaban J connectivity index is 1.38. The molecule has 152 valence electrons. The molecule has 5 N–H and O–H groups in total. The molecule has 3 amide bonds. The molecule has 0 heterocycles. The van der Waals surface area contributed by atoms with Crippen molar-refractivity contribution in [3.63, 3.8) is 0 Å². The Hall–Kier alpha value is -2.86. The number of aryl methyl sites for hydroxylation is 1. The van der Waals surface area contributed by atoms with Gasteiger partial charge in [-0.2, -0.15) is 0 Å². The molecule has 1 saturated carbocycles. The Labute approximate surface area is 171 Å². The zero-order chi connectivity index (χ0) is 20.2. The SMILES string of the molecule is NC1CCC(C(=O)Nc2cccc(NC(=O)Nc3cccc4c3CCCC4)c2)C1. The number of hydrogen-bond acceptors (Lipinski definition) is 3. The number of carbonyl (C=O) groups excluding carboxylic acids is 2. The lowest BCUT2D eigenvalue weighted by molar-refractivity contribution is -0.119. The van der Waals surface area contributed by atoms with Crippen molar-refractivity contribution in [1.82, 2.24) is 0 Å². The van der Waals surface area contributed by atoms with Gasteiger partial charge in [-0.1, -0.05) is 18.2 Å². The van der Waals surface area contributed by atoms with E-state index >= 15 is 0 Å². The van der Waals surface area contributed by atoms with Gasteiger partial charge in [-0.3, -0.25) is 4.79 Å². The Morgan fingerprint density at radius 3 is 2.45 bits per heavy atom. The van der Waals surface area contributed by atoms with Crippen molar-refractivity contribution in [2.24, 2.45) is 11.7 Å². The van der Waals surface area contributed by atoms with E-state index in [-0.39, 0.29) is 23.9 Å². The fraction of sp³-hybridized carbons (Fsp3) is 0.391. The molecule has 2 unspecified atom stereocenters. The van der Waals surface area contributed by atoms with Gasteiger partial charge in [-0.15, -0.1) is 0 Å². The molecule has 0 saturated heterocycles. The lowest BCUT2D eigenvalue weighted by Crippen LogP contribution is -2.23. The molecule has 2 aromatic carbocycles. The summed E-state index contributed by atoms with van der Waals surface area (Å²) < 4.78 is 0. The minimum atomic E-state index is -0.283. The minimum absolute atomic E-state index is 0.00420. The summed E-state index contributed by atoms with van der Waals surface area (Å²) in [5.41, 5.74) is 10.7. The largest absolute Gasteiger partial charge is 0.328 e. The number of nitrogens with one attached hydrogen (secondary N) is 3. The van der Waals surface area contributed by atoms with Crippen LogP contribution in [0.4, 0.5) is 21.9 Å². The van der Waals surface area contributed by atoms with Crippen molar-refractivity contribution in [3.8, 4) is 0 Å². The molecule has 0 aromatic heterocycles. The Morgan fingerprint density at radius 1 is 0.897 bits per heavy atom. The van der Waals surface area contributed by atoms with Gasteiger partial charge in [-0.05, 0) is 80.3 Å². The van der Waals surface area contributed by atoms with E-state index in [2.05, 4.69) is 22.0 Å². The van der Waals surface area contributed by atoms with Crippen LogP contribution in [0.3, 0.4) is 0 Å². The van der Waals surface area contributed by atoms with Crippen LogP contribution in [0.2, 0.25) is 0 Å². The highest BCUT2D eigenvalue weighted by atomic mass is 16.2. The van der Waals surface area contributed by atoms with Gasteiger partial charge in [0, 0.05) is 29.0 Å². The fourth-order valence-corrected chi connectivity index (χ4v) is 4.36. The van der Waals surface area contributed by atoms with E-state index in [0.29, 0.717) is 11.4 Å². The van der Waals surface area contributed by atoms with Gasteiger partial charge < -0.3 is 21.7 Å². The molecule has 6 nitrogen and oxygen atoms in total. The zero-order valence-electron chi connectivity index (χ0n) is 16.5. The van der Waals surface area contributed by atoms with E-state index < -0.39 is 0 Å². The Morgan fingerprint density at radius 2 is 1.66 bits per heavy atom. The molecule has 4 rings (SSSR count). The predicted octanol–water partition coefficient (Wildman–Crippen LogP) is 4.28. The highest BCUT2D eigenvalue weighted by Crippen LogP contribution is 2.28. The van der Waals surface area contributed by atoms with Gasteiger partial charge in [0.05, 0.1) is 0 Å². The molecule has 0 aliphatic heterocycles. The molecule has 6 heteroatoms. The number of hydrogen-bond donors (Lipinski definition) is 4. The maximum absolute atomic E-state index is 12.5. The summed E-state index contributed by atoms with van der Waals surface area (Å²) in [4.78, 5) is 24.9. The van der Waals surface area contributed by atoms with Crippen LogP contribution < -0.4 is 21.7 Å². The number of rotatable bonds is 4. The van der Waals surface area contributed by atoms with E-state index in [0.717, 1.165) is 44.2 Å². The number of amides is 3. The normalized spacial score (nSPS) is 20.6. The number of urea groups is 1. The van der Waals surface area contributed by atoms with Crippen LogP contribution in [-0.2, 0) is 17.6 Å². The molecule has 2 aromatic rings. The summed E-state index contributed by atoms with van der Waals surface area (Å²) in [5, 5.41) is 8.79. The van der Waals surface area contributed by atoms with Crippen molar-refractivity contribution >= 4 is 29.0 Å². The lowest BCUT2D eigenvalue weighted by Gasteiger charge is -2.19. The number of nitrogens with two attached hydrogens (primary N) is 1. The van der Waals surface area contributed by atoms with Gasteiger partial charge in [-0.25, -0.2) is 4.79 Å². The average Bonchev–Trinajstić information content (AvgIpc) is 3.15. The van der Waals surface area contributed by atoms with Crippen LogP contribution in [0.1, 0.15) is 43.2 Å². The summed E-state index contributed by atoms with van der Waals surface area (Å²) in [7, 11) is 0. The summed E-state index contributed by atoms with van der Waals surface area (Å²) in [6.07, 6.45) is 6.87. The van der Waals surface area contributed by atoms with Crippen molar-refractivity contribution in [2.45, 2.75) is 51.0 Å². The van der Waals surface area contributed by atoms with Crippen molar-refractivity contribution in [1.29, 1.82) is 0 Å². The third kappa shape index (κ3) is 4.77. The highest BCUT2D eigenvalue weighted by molar-refractivity contribution is 6.01. The molecule has 0 bridgehead atoms. The first kappa shape index (κ1) is 19.5. The summed E-state index contributed by atoms with van der Waals surface area (Å²) >= 11 is 0. The van der Waals surface area contributed by atoms with Gasteiger partial charge in [0.2, 0.25) is 5.91 Å². The van der Waals surface area contributed by atoms with E-state index in [1.54, 1.807) is 12.1 Å². The van der Waals surface area contributed by atoms with E-state index in [9.17, 15) is 9.59 Å². The third-order valence-electron chi connectivity index (χ3n) is 5.88. The minimum Gasteiger partial charge on any atom is -0.328 e. The van der Waals surface area contributed by atoms with Crippen LogP contribution in [0, 0.1) is 5.92 Å². The first-order valence-corrected chi connectivity index (χ1v) is 10.4. The van der Waals surface area contributed by atoms with Crippen LogP contribution in [0.15, 0.2) is 42.5 Å². The number of carbonyl (C=O) groups is 2. The van der Waals surface area contributed by atoms with Gasteiger partial charge in [0.25, 0.3) is 0 Å². The quantitative estimate of drug-likeness (QED) is 0.625. The second kappa shape index (κ2) is 8.66. The highest BCUT2D eigenvalue weighted by Gasteiger charge is 2.27. The summed E-state index contributed by atoms with van der Waals surface area (Å²) in [6.45, 7) is 0. The Kier molecular flexibility index (Phi) is 5.81. The molecule has 0 radical (unpaired) electrons. The van der Waals surface area contributed by atoms with E-state index in [1.807, 2.05) is 24.3 Å². The molecular formula is C23H28N4O2. The van der Waals surface area contributed by atoms with Gasteiger partial charge >= 0.3 is 6.03 Å². The molecular weight excluding hydrogens is 364 g/mol. The molecule has 2 atom stereocenters. The van der Waals surface area contributed by atoms with E-state index in [1.165, 1.54) is 17.5 Å². The number of fused-ring (bicyclic) bond motifs is 1. The fourth-order valence-electron chi connectivity index (χ4n) is 4.36. The zero-order valence-corrected chi connectivity index (χ0v) is 16.5. The van der Waals surface area contributed by atoms with E-state index in [4.69, 9.17) is 5.73 Å². The standard InChI is InChI=1S/C23H28N4O2/c24-17-12-11-16(13-17)22(28)25-18-7-4-8-19(14-18)26-23(29)27-21-10-3-6-15-5-1-2-9-20(15)21/h3-4,6-8,10,14,16-17H,1-2,5,9,11-13,24H2,(H,25,28)(H2,26,27,29). The molecule has 1 fully saturated rings. The van der Waals surface area contributed by atoms with Crippen molar-refractivity contribution < 1.29 is 9.59 Å². The lowest BCUT2D eigenvalue weighted by atomic mass is 9.90. The Bertz CT molecular complexity index is 912. The van der Waals surface area contributed by atoms with Crippen molar-refractivity contribution in [2.75, 3.05) is 16.0 Å². The van der Waals surface area contributed by atoms with Gasteiger partial charge in [0.15, 0.2) is 0 Å². The third-order valence-corrected chi connectivity index (χ3v) is 5.88. The number of benzene rings is 2. The average molecular weight is 393 g/mol. The van der Waals surface area contributed by atoms with Crippen LogP contribution in [0.5, 0.6) is 0 Å². The topological polar surface area (TPSA) is 96.2 Å². The maximum Gasteiger partial charge on any atom is 0.323 e. The first-order chi connectivity index (χ1) is 14.1. The second-order valence-electron chi connectivity index (χ2n) is 8.07. The second-order valence-corrected chi connectivity index (χ2v) is 8.07. The smallest absolute Gasteiger partial charge is 0.323 e. The molecule has 2 aliphatic rings. The summed E-state index contributed by atoms with van der Waals surface area (Å²) in [6, 6.07) is 13.1. The first-order valence-electron chi connectivity index (χ1n) is 10.4. The summed E-state index contributed by atoms with van der Waals surface area (Å²) in [5.74, 6) is -0.0374.